The fraction of sp³-hybridized carbons (Fsp3) is 0. The first kappa shape index (κ1) is 35.1. The van der Waals surface area contributed by atoms with E-state index < -0.39 is 0 Å². The molecule has 2 heterocycles. The molecule has 4 heteroatoms. The highest BCUT2D eigenvalue weighted by atomic mass is 15.1. The van der Waals surface area contributed by atoms with Gasteiger partial charge in [0.1, 0.15) is 0 Å². The van der Waals surface area contributed by atoms with Crippen LogP contribution in [0.1, 0.15) is 0 Å². The lowest BCUT2D eigenvalue weighted by Crippen LogP contribution is -2.10. The van der Waals surface area contributed by atoms with Crippen LogP contribution in [-0.4, -0.2) is 14.5 Å². The van der Waals surface area contributed by atoms with E-state index in [9.17, 15) is 0 Å². The van der Waals surface area contributed by atoms with E-state index in [-0.39, 0.29) is 0 Å². The molecule has 0 aliphatic rings. The van der Waals surface area contributed by atoms with E-state index in [1.807, 2.05) is 18.2 Å². The summed E-state index contributed by atoms with van der Waals surface area (Å²) in [5.74, 6) is 0.714. The van der Waals surface area contributed by atoms with Crippen molar-refractivity contribution < 1.29 is 0 Å². The quantitative estimate of drug-likeness (QED) is 0.154. The highest BCUT2D eigenvalue weighted by Crippen LogP contribution is 2.40. The number of nitrogens with zero attached hydrogens (tertiary/aromatic N) is 4. The van der Waals surface area contributed by atoms with Crippen LogP contribution in [0.15, 0.2) is 231 Å². The number of hydrogen-bond donors (Lipinski definition) is 0. The Balaban J connectivity index is 0.991. The molecule has 11 rings (SSSR count). The zero-order valence-corrected chi connectivity index (χ0v) is 32.7. The largest absolute Gasteiger partial charge is 0.310 e. The van der Waals surface area contributed by atoms with Crippen molar-refractivity contribution in [2.75, 3.05) is 4.90 Å². The summed E-state index contributed by atoms with van der Waals surface area (Å²) in [4.78, 5) is 12.4. The first-order chi connectivity index (χ1) is 29.7. The van der Waals surface area contributed by atoms with E-state index >= 15 is 0 Å². The topological polar surface area (TPSA) is 34.0 Å². The lowest BCUT2D eigenvalue weighted by molar-refractivity contribution is 1.17. The van der Waals surface area contributed by atoms with E-state index in [1.165, 1.54) is 27.4 Å². The summed E-state index contributed by atoms with van der Waals surface area (Å²) in [6.45, 7) is 0. The Labute approximate surface area is 348 Å². The summed E-state index contributed by atoms with van der Waals surface area (Å²) in [5, 5.41) is 3.48. The Bertz CT molecular complexity index is 3280. The first-order valence-electron chi connectivity index (χ1n) is 20.3. The molecular weight excluding hydrogens is 729 g/mol. The molecule has 0 unspecified atom stereocenters. The highest BCUT2D eigenvalue weighted by Gasteiger charge is 2.18. The molecule has 0 amide bonds. The third-order valence-electron chi connectivity index (χ3n) is 11.4. The van der Waals surface area contributed by atoms with Gasteiger partial charge in [-0.2, -0.15) is 0 Å². The molecule has 9 aromatic carbocycles. The Morgan fingerprint density at radius 1 is 0.317 bits per heavy atom. The molecule has 0 bridgehead atoms. The van der Waals surface area contributed by atoms with Crippen molar-refractivity contribution in [3.63, 3.8) is 0 Å². The Morgan fingerprint density at radius 2 is 0.850 bits per heavy atom. The van der Waals surface area contributed by atoms with E-state index in [4.69, 9.17) is 9.97 Å². The van der Waals surface area contributed by atoms with Crippen molar-refractivity contribution in [1.82, 2.24) is 14.5 Å². The van der Waals surface area contributed by atoms with Gasteiger partial charge in [-0.15, -0.1) is 0 Å². The molecule has 60 heavy (non-hydrogen) atoms. The fourth-order valence-electron chi connectivity index (χ4n) is 8.49. The third kappa shape index (κ3) is 6.37. The second kappa shape index (κ2) is 15.0. The molecule has 0 fully saturated rings. The van der Waals surface area contributed by atoms with Gasteiger partial charge in [0.15, 0.2) is 5.82 Å². The highest BCUT2D eigenvalue weighted by molar-refractivity contribution is 6.10. The van der Waals surface area contributed by atoms with Gasteiger partial charge in [0, 0.05) is 50.0 Å². The van der Waals surface area contributed by atoms with E-state index in [0.29, 0.717) is 5.82 Å². The number of hydrogen-bond acceptors (Lipinski definition) is 3. The molecule has 282 valence electrons. The maximum atomic E-state index is 5.11. The van der Waals surface area contributed by atoms with Gasteiger partial charge in [-0.25, -0.2) is 9.97 Å². The van der Waals surface area contributed by atoms with Gasteiger partial charge in [-0.1, -0.05) is 170 Å². The zero-order chi connectivity index (χ0) is 39.8. The van der Waals surface area contributed by atoms with Crippen molar-refractivity contribution in [1.29, 1.82) is 0 Å². The Kier molecular flexibility index (Phi) is 8.79. The van der Waals surface area contributed by atoms with Crippen molar-refractivity contribution in [3.05, 3.63) is 231 Å². The van der Waals surface area contributed by atoms with Gasteiger partial charge >= 0.3 is 0 Å². The number of benzene rings is 9. The third-order valence-corrected chi connectivity index (χ3v) is 11.4. The van der Waals surface area contributed by atoms with Gasteiger partial charge < -0.3 is 9.47 Å². The Morgan fingerprint density at radius 3 is 1.62 bits per heavy atom. The fourth-order valence-corrected chi connectivity index (χ4v) is 8.49. The number of para-hydroxylation sites is 3. The molecular formula is C56H38N4. The normalized spacial score (nSPS) is 11.3. The molecule has 0 N–H and O–H groups in total. The predicted molar refractivity (Wildman–Crippen MR) is 250 cm³/mol. The minimum atomic E-state index is 0.714. The zero-order valence-electron chi connectivity index (χ0n) is 32.7. The molecule has 4 nitrogen and oxygen atoms in total. The van der Waals surface area contributed by atoms with Gasteiger partial charge in [0.2, 0.25) is 0 Å². The van der Waals surface area contributed by atoms with Gasteiger partial charge in [0.05, 0.1) is 22.2 Å². The monoisotopic (exact) mass is 766 g/mol. The smallest absolute Gasteiger partial charge is 0.160 e. The Hall–Kier alpha value is -8.08. The lowest BCUT2D eigenvalue weighted by atomic mass is 10.0. The standard InChI is InChI=1S/C56H38N4/c1-4-15-39(16-5-1)40-31-34-46(35-32-40)59(45-19-8-3-9-20-45)47-21-14-22-48(38-47)60-53-26-13-11-23-49(53)50-36-33-44(37-54(50)60)41-27-29-43(30-28-41)56-57-52-25-12-10-24-51(52)55(58-56)42-17-6-2-7-18-42/h1-38H. The summed E-state index contributed by atoms with van der Waals surface area (Å²) < 4.78 is 2.40. The molecule has 0 aliphatic carbocycles. The minimum absolute atomic E-state index is 0.714. The molecule has 2 aromatic heterocycles. The van der Waals surface area contributed by atoms with Crippen LogP contribution < -0.4 is 4.90 Å². The summed E-state index contributed by atoms with van der Waals surface area (Å²) in [7, 11) is 0. The van der Waals surface area contributed by atoms with Crippen molar-refractivity contribution in [3.8, 4) is 50.6 Å². The van der Waals surface area contributed by atoms with Crippen molar-refractivity contribution in [2.24, 2.45) is 0 Å². The van der Waals surface area contributed by atoms with Crippen molar-refractivity contribution >= 4 is 49.8 Å². The average Bonchev–Trinajstić information content (AvgIpc) is 3.66. The number of aromatic nitrogens is 3. The number of rotatable bonds is 8. The van der Waals surface area contributed by atoms with Crippen LogP contribution in [0.5, 0.6) is 0 Å². The first-order valence-corrected chi connectivity index (χ1v) is 20.3. The minimum Gasteiger partial charge on any atom is -0.310 e. The second-order valence-corrected chi connectivity index (χ2v) is 15.0. The summed E-state index contributed by atoms with van der Waals surface area (Å²) >= 11 is 0. The van der Waals surface area contributed by atoms with E-state index in [1.54, 1.807) is 0 Å². The molecule has 0 atom stereocenters. The summed E-state index contributed by atoms with van der Waals surface area (Å²) in [6, 6.07) is 81.7. The molecule has 0 radical (unpaired) electrons. The van der Waals surface area contributed by atoms with Crippen LogP contribution in [0.3, 0.4) is 0 Å². The summed E-state index contributed by atoms with van der Waals surface area (Å²) in [6.07, 6.45) is 0. The second-order valence-electron chi connectivity index (χ2n) is 15.0. The SMILES string of the molecule is c1ccc(-c2ccc(N(c3ccccc3)c3cccc(-n4c5ccccc5c5ccc(-c6ccc(-c7nc(-c8ccccc8)c8ccccc8n7)cc6)cc54)c3)cc2)cc1. The van der Waals surface area contributed by atoms with Crippen molar-refractivity contribution in [2.45, 2.75) is 0 Å². The van der Waals surface area contributed by atoms with Crippen LogP contribution >= 0.6 is 0 Å². The molecule has 0 saturated carbocycles. The van der Waals surface area contributed by atoms with Crippen LogP contribution in [0.4, 0.5) is 17.1 Å². The van der Waals surface area contributed by atoms with E-state index in [2.05, 4.69) is 222 Å². The maximum Gasteiger partial charge on any atom is 0.160 e. The molecule has 0 aliphatic heterocycles. The molecule has 0 saturated heterocycles. The van der Waals surface area contributed by atoms with Gasteiger partial charge in [-0.3, -0.25) is 0 Å². The molecule has 0 spiro atoms. The summed E-state index contributed by atoms with van der Waals surface area (Å²) in [5.41, 5.74) is 15.3. The van der Waals surface area contributed by atoms with Crippen LogP contribution in [0.2, 0.25) is 0 Å². The maximum absolute atomic E-state index is 5.11. The number of anilines is 3. The van der Waals surface area contributed by atoms with Crippen LogP contribution in [-0.2, 0) is 0 Å². The molecule has 11 aromatic rings. The number of fused-ring (bicyclic) bond motifs is 4. The van der Waals surface area contributed by atoms with Crippen LogP contribution in [0, 0.1) is 0 Å². The van der Waals surface area contributed by atoms with Gasteiger partial charge in [0.25, 0.3) is 0 Å². The lowest BCUT2D eigenvalue weighted by Gasteiger charge is -2.26. The average molecular weight is 767 g/mol. The predicted octanol–water partition coefficient (Wildman–Crippen LogP) is 14.9. The van der Waals surface area contributed by atoms with E-state index in [0.717, 1.165) is 67.1 Å². The van der Waals surface area contributed by atoms with Crippen LogP contribution in [0.25, 0.3) is 83.3 Å². The van der Waals surface area contributed by atoms with Gasteiger partial charge in [-0.05, 0) is 82.9 Å².